The molecule has 1 aromatic heterocycles. The van der Waals surface area contributed by atoms with E-state index >= 15 is 0 Å². The molecule has 1 aromatic rings. The summed E-state index contributed by atoms with van der Waals surface area (Å²) >= 11 is 1.91. The number of hydrogen-bond acceptors (Lipinski definition) is 4. The first-order valence-corrected chi connectivity index (χ1v) is 9.67. The quantitative estimate of drug-likeness (QED) is 0.903. The van der Waals surface area contributed by atoms with E-state index in [4.69, 9.17) is 0 Å². The van der Waals surface area contributed by atoms with Crippen LogP contribution in [-0.2, 0) is 6.54 Å². The average molecular weight is 323 g/mol. The minimum Gasteiger partial charge on any atom is -0.396 e. The summed E-state index contributed by atoms with van der Waals surface area (Å²) in [6, 6.07) is 4.48. The third-order valence-corrected chi connectivity index (χ3v) is 6.24. The molecular weight excluding hydrogens is 292 g/mol. The summed E-state index contributed by atoms with van der Waals surface area (Å²) in [6.45, 7) is 9.51. The van der Waals surface area contributed by atoms with Crippen LogP contribution in [0, 0.1) is 18.8 Å². The summed E-state index contributed by atoms with van der Waals surface area (Å²) in [5.41, 5.74) is 0. The first-order chi connectivity index (χ1) is 10.7. The molecule has 0 aromatic carbocycles. The van der Waals surface area contributed by atoms with Gasteiger partial charge in [-0.25, -0.2) is 0 Å². The molecule has 2 aliphatic heterocycles. The molecule has 2 fully saturated rings. The van der Waals surface area contributed by atoms with E-state index < -0.39 is 0 Å². The number of rotatable bonds is 5. The van der Waals surface area contributed by atoms with Gasteiger partial charge in [-0.05, 0) is 56.8 Å². The predicted molar refractivity (Wildman–Crippen MR) is 93.3 cm³/mol. The molecule has 2 aliphatic rings. The topological polar surface area (TPSA) is 26.7 Å². The molecule has 0 spiro atoms. The lowest BCUT2D eigenvalue weighted by molar-refractivity contribution is 0.165. The second kappa shape index (κ2) is 7.91. The van der Waals surface area contributed by atoms with E-state index in [0.717, 1.165) is 19.6 Å². The molecule has 0 saturated carbocycles. The molecule has 3 rings (SSSR count). The van der Waals surface area contributed by atoms with Crippen molar-refractivity contribution in [2.24, 2.45) is 11.8 Å². The molecule has 1 N–H and O–H groups in total. The van der Waals surface area contributed by atoms with Gasteiger partial charge < -0.3 is 10.0 Å². The van der Waals surface area contributed by atoms with Gasteiger partial charge in [0.25, 0.3) is 0 Å². The van der Waals surface area contributed by atoms with Crippen LogP contribution in [0.15, 0.2) is 12.1 Å². The van der Waals surface area contributed by atoms with Gasteiger partial charge >= 0.3 is 0 Å². The zero-order valence-corrected chi connectivity index (χ0v) is 14.7. The standard InChI is InChI=1S/C18H30N2OS/c1-15-6-7-18(22-15)13-20-11-16(17(12-20)14-21)10-19-8-4-2-3-5-9-19/h6-7,16-17,21H,2-5,8-14H2,1H3/t16-,17-/m1/s1. The Balaban J connectivity index is 1.54. The van der Waals surface area contributed by atoms with Crippen LogP contribution in [0.4, 0.5) is 0 Å². The van der Waals surface area contributed by atoms with Crippen LogP contribution in [0.25, 0.3) is 0 Å². The molecule has 22 heavy (non-hydrogen) atoms. The van der Waals surface area contributed by atoms with Crippen molar-refractivity contribution >= 4 is 11.3 Å². The van der Waals surface area contributed by atoms with Gasteiger partial charge in [-0.15, -0.1) is 11.3 Å². The summed E-state index contributed by atoms with van der Waals surface area (Å²) in [5, 5.41) is 9.77. The zero-order chi connectivity index (χ0) is 15.4. The molecule has 3 nitrogen and oxygen atoms in total. The zero-order valence-electron chi connectivity index (χ0n) is 13.8. The predicted octanol–water partition coefficient (Wildman–Crippen LogP) is 2.97. The van der Waals surface area contributed by atoms with E-state index in [1.807, 2.05) is 11.3 Å². The number of thiophene rings is 1. The van der Waals surface area contributed by atoms with Crippen molar-refractivity contribution in [1.29, 1.82) is 0 Å². The summed E-state index contributed by atoms with van der Waals surface area (Å²) in [7, 11) is 0. The molecule has 124 valence electrons. The van der Waals surface area contributed by atoms with Gasteiger partial charge in [-0.3, -0.25) is 4.90 Å². The Morgan fingerprint density at radius 3 is 2.41 bits per heavy atom. The Morgan fingerprint density at radius 2 is 1.77 bits per heavy atom. The highest BCUT2D eigenvalue weighted by atomic mass is 32.1. The van der Waals surface area contributed by atoms with Crippen LogP contribution in [0.5, 0.6) is 0 Å². The van der Waals surface area contributed by atoms with Crippen LogP contribution in [-0.4, -0.2) is 54.2 Å². The van der Waals surface area contributed by atoms with Crippen molar-refractivity contribution in [2.45, 2.75) is 39.2 Å². The molecular formula is C18H30N2OS. The van der Waals surface area contributed by atoms with Gasteiger partial charge in [-0.1, -0.05) is 12.8 Å². The summed E-state index contributed by atoms with van der Waals surface area (Å²) < 4.78 is 0. The number of aliphatic hydroxyl groups excluding tert-OH is 1. The highest BCUT2D eigenvalue weighted by Gasteiger charge is 2.33. The molecule has 3 heterocycles. The minimum absolute atomic E-state index is 0.346. The number of aryl methyl sites for hydroxylation is 1. The second-order valence-corrected chi connectivity index (χ2v) is 8.50. The van der Waals surface area contributed by atoms with Crippen LogP contribution < -0.4 is 0 Å². The fourth-order valence-electron chi connectivity index (χ4n) is 4.02. The average Bonchev–Trinajstić information content (AvgIpc) is 2.98. The fourth-order valence-corrected chi connectivity index (χ4v) is 4.95. The molecule has 4 heteroatoms. The smallest absolute Gasteiger partial charge is 0.0475 e. The summed E-state index contributed by atoms with van der Waals surface area (Å²) in [6.07, 6.45) is 5.51. The Labute approximate surface area is 138 Å². The van der Waals surface area contributed by atoms with Crippen LogP contribution in [0.3, 0.4) is 0 Å². The first kappa shape index (κ1) is 16.4. The molecule has 0 bridgehead atoms. The van der Waals surface area contributed by atoms with E-state index in [2.05, 4.69) is 28.9 Å². The van der Waals surface area contributed by atoms with Crippen molar-refractivity contribution in [2.75, 3.05) is 39.3 Å². The third-order valence-electron chi connectivity index (χ3n) is 5.25. The lowest BCUT2D eigenvalue weighted by Crippen LogP contribution is -2.34. The van der Waals surface area contributed by atoms with Gasteiger partial charge in [0.2, 0.25) is 0 Å². The van der Waals surface area contributed by atoms with Gasteiger partial charge in [0.15, 0.2) is 0 Å². The van der Waals surface area contributed by atoms with Crippen LogP contribution in [0.1, 0.15) is 35.4 Å². The van der Waals surface area contributed by atoms with Crippen molar-refractivity contribution in [3.8, 4) is 0 Å². The largest absolute Gasteiger partial charge is 0.396 e. The van der Waals surface area contributed by atoms with Crippen molar-refractivity contribution in [3.05, 3.63) is 21.9 Å². The Hall–Kier alpha value is -0.420. The number of hydrogen-bond donors (Lipinski definition) is 1. The molecule has 2 saturated heterocycles. The normalized spacial score (nSPS) is 28.1. The van der Waals surface area contributed by atoms with Gasteiger partial charge in [-0.2, -0.15) is 0 Å². The van der Waals surface area contributed by atoms with Gasteiger partial charge in [0.05, 0.1) is 0 Å². The fraction of sp³-hybridized carbons (Fsp3) is 0.778. The SMILES string of the molecule is Cc1ccc(CN2C[C@@H](CN3CCCCCC3)[C@@H](CO)C2)s1. The molecule has 0 radical (unpaired) electrons. The maximum absolute atomic E-state index is 9.77. The van der Waals surface area contributed by atoms with E-state index in [1.165, 1.54) is 55.1 Å². The monoisotopic (exact) mass is 322 g/mol. The van der Waals surface area contributed by atoms with Crippen LogP contribution >= 0.6 is 11.3 Å². The third kappa shape index (κ3) is 4.31. The first-order valence-electron chi connectivity index (χ1n) is 8.85. The lowest BCUT2D eigenvalue weighted by atomic mass is 9.96. The highest BCUT2D eigenvalue weighted by molar-refractivity contribution is 7.11. The summed E-state index contributed by atoms with van der Waals surface area (Å²) in [5.74, 6) is 1.11. The second-order valence-electron chi connectivity index (χ2n) is 7.12. The van der Waals surface area contributed by atoms with Gasteiger partial charge in [0, 0.05) is 42.5 Å². The number of nitrogens with zero attached hydrogens (tertiary/aromatic N) is 2. The van der Waals surface area contributed by atoms with Crippen molar-refractivity contribution in [1.82, 2.24) is 9.80 Å². The lowest BCUT2D eigenvalue weighted by Gasteiger charge is -2.26. The van der Waals surface area contributed by atoms with E-state index in [1.54, 1.807) is 0 Å². The van der Waals surface area contributed by atoms with E-state index in [9.17, 15) is 5.11 Å². The van der Waals surface area contributed by atoms with Crippen LogP contribution in [0.2, 0.25) is 0 Å². The van der Waals surface area contributed by atoms with E-state index in [-0.39, 0.29) is 0 Å². The molecule has 2 atom stereocenters. The molecule has 0 unspecified atom stereocenters. The summed E-state index contributed by atoms with van der Waals surface area (Å²) in [4.78, 5) is 8.06. The van der Waals surface area contributed by atoms with Crippen molar-refractivity contribution < 1.29 is 5.11 Å². The number of aliphatic hydroxyl groups is 1. The molecule has 0 amide bonds. The van der Waals surface area contributed by atoms with E-state index in [0.29, 0.717) is 18.4 Å². The Kier molecular flexibility index (Phi) is 5.91. The molecule has 0 aliphatic carbocycles. The highest BCUT2D eigenvalue weighted by Crippen LogP contribution is 2.28. The Bertz CT molecular complexity index is 454. The minimum atomic E-state index is 0.346. The number of likely N-dealkylation sites (tertiary alicyclic amines) is 2. The van der Waals surface area contributed by atoms with Gasteiger partial charge in [0.1, 0.15) is 0 Å². The maximum Gasteiger partial charge on any atom is 0.0475 e. The maximum atomic E-state index is 9.77. The van der Waals surface area contributed by atoms with Crippen molar-refractivity contribution in [3.63, 3.8) is 0 Å². The Morgan fingerprint density at radius 1 is 1.05 bits per heavy atom.